The van der Waals surface area contributed by atoms with E-state index in [0.717, 1.165) is 86.2 Å². The lowest BCUT2D eigenvalue weighted by Gasteiger charge is -2.20. The summed E-state index contributed by atoms with van der Waals surface area (Å²) in [5.41, 5.74) is 2.23. The molecule has 4 aromatic heterocycles. The molecule has 346 valence electrons. The number of hydrogen-bond acceptors (Lipinski definition) is 12. The summed E-state index contributed by atoms with van der Waals surface area (Å²) in [5, 5.41) is 11.8. The van der Waals surface area contributed by atoms with Gasteiger partial charge in [0.05, 0.1) is 42.6 Å². The number of Topliss-reactive ketones (excluding diaryl/α,β-unsaturated/α-hetero) is 1. The van der Waals surface area contributed by atoms with Crippen LogP contribution in [0.5, 0.6) is 5.75 Å². The van der Waals surface area contributed by atoms with Crippen LogP contribution in [-0.2, 0) is 17.8 Å². The number of ketones is 1. The topological polar surface area (TPSA) is 163 Å². The maximum Gasteiger partial charge on any atom is 0.341 e. The fourth-order valence-electron chi connectivity index (χ4n) is 8.81. The van der Waals surface area contributed by atoms with Crippen molar-refractivity contribution in [1.29, 1.82) is 0 Å². The molecule has 0 atom stereocenters. The number of methoxy groups -OCH3 is 2. The maximum atomic E-state index is 13.4. The van der Waals surface area contributed by atoms with Crippen molar-refractivity contribution in [3.63, 3.8) is 0 Å². The Morgan fingerprint density at radius 1 is 0.642 bits per heavy atom. The maximum absolute atomic E-state index is 13.4. The third-order valence-corrected chi connectivity index (χ3v) is 13.2. The van der Waals surface area contributed by atoms with Crippen LogP contribution in [0.4, 0.5) is 11.9 Å². The first-order valence-electron chi connectivity index (χ1n) is 22.2. The molecule has 4 aromatic carbocycles. The van der Waals surface area contributed by atoms with Crippen molar-refractivity contribution < 1.29 is 19.1 Å². The number of ether oxygens (including phenoxy) is 2. The molecule has 0 bridgehead atoms. The predicted molar refractivity (Wildman–Crippen MR) is 263 cm³/mol. The van der Waals surface area contributed by atoms with Crippen LogP contribution in [0.1, 0.15) is 77.6 Å². The van der Waals surface area contributed by atoms with Crippen molar-refractivity contribution >= 4 is 96.1 Å². The molecule has 0 unspecified atom stereocenters. The van der Waals surface area contributed by atoms with Gasteiger partial charge in [0.2, 0.25) is 23.5 Å². The Morgan fingerprint density at radius 3 is 1.76 bits per heavy atom. The van der Waals surface area contributed by atoms with E-state index in [1.165, 1.54) is 37.8 Å². The van der Waals surface area contributed by atoms with E-state index in [-0.39, 0.29) is 34.8 Å². The third kappa shape index (κ3) is 9.49. The molecule has 6 heterocycles. The van der Waals surface area contributed by atoms with Gasteiger partial charge in [-0.25, -0.2) is 23.0 Å². The second kappa shape index (κ2) is 19.9. The lowest BCUT2D eigenvalue weighted by atomic mass is 10.1. The quantitative estimate of drug-likeness (QED) is 0.100. The average Bonchev–Trinajstić information content (AvgIpc) is 3.56. The highest BCUT2D eigenvalue weighted by atomic mass is 79.9. The first kappa shape index (κ1) is 45.8. The Hall–Kier alpha value is -6.30. The van der Waals surface area contributed by atoms with Crippen molar-refractivity contribution in [3.8, 4) is 5.75 Å². The van der Waals surface area contributed by atoms with Crippen LogP contribution in [0.2, 0.25) is 10.0 Å². The summed E-state index contributed by atoms with van der Waals surface area (Å²) in [5.74, 6) is 1.66. The highest BCUT2D eigenvalue weighted by Crippen LogP contribution is 2.28. The van der Waals surface area contributed by atoms with Gasteiger partial charge in [0.25, 0.3) is 11.1 Å². The third-order valence-electron chi connectivity index (χ3n) is 12.2. The minimum Gasteiger partial charge on any atom is -0.496 e. The molecule has 0 N–H and O–H groups in total. The van der Waals surface area contributed by atoms with Gasteiger partial charge in [0.15, 0.2) is 5.78 Å². The number of fused-ring (bicyclic) bond motifs is 6. The van der Waals surface area contributed by atoms with Crippen LogP contribution in [0, 0.1) is 0 Å². The predicted octanol–water partition coefficient (Wildman–Crippen LogP) is 8.64. The van der Waals surface area contributed by atoms with E-state index in [9.17, 15) is 19.2 Å². The van der Waals surface area contributed by atoms with Gasteiger partial charge < -0.3 is 19.3 Å². The molecule has 19 heteroatoms. The molecule has 2 fully saturated rings. The zero-order valence-electron chi connectivity index (χ0n) is 37.0. The highest BCUT2D eigenvalue weighted by Gasteiger charge is 2.25. The summed E-state index contributed by atoms with van der Waals surface area (Å²) in [7, 11) is 2.70. The fourth-order valence-corrected chi connectivity index (χ4v) is 9.47. The minimum atomic E-state index is -0.613. The molecule has 8 aromatic rings. The number of hydrogen-bond donors (Lipinski definition) is 0. The first-order chi connectivity index (χ1) is 32.5. The van der Waals surface area contributed by atoms with Gasteiger partial charge in [-0.05, 0) is 98.0 Å². The van der Waals surface area contributed by atoms with Crippen LogP contribution in [0.3, 0.4) is 0 Å². The van der Waals surface area contributed by atoms with Crippen molar-refractivity contribution in [2.75, 3.05) is 50.2 Å². The molecule has 2 aliphatic rings. The SMILES string of the molecule is COC(=O)c1cc(C(=O)Cn2nc(N3CCCCCC3)n3c4ccc(Cl)cc4c(=O)nc23)ccc1OC.O=c1nc2n(Cc3ccc(Cl)cc3)nc(N3CCCCCC3)n2c2ccc(Br)cc12. The second-order valence-corrected chi connectivity index (χ2v) is 18.4. The molecule has 0 amide bonds. The first-order valence-corrected chi connectivity index (χ1v) is 23.8. The second-order valence-electron chi connectivity index (χ2n) is 16.6. The molecule has 2 aliphatic heterocycles. The fraction of sp³-hybridized carbons (Fsp3) is 0.333. The average molecular weight is 1010 g/mol. The number of rotatable bonds is 9. The van der Waals surface area contributed by atoms with Gasteiger partial charge in [-0.1, -0.05) is 76.9 Å². The van der Waals surface area contributed by atoms with Gasteiger partial charge in [0, 0.05) is 46.3 Å². The monoisotopic (exact) mass is 1010 g/mol. The van der Waals surface area contributed by atoms with Crippen molar-refractivity contribution in [2.45, 2.75) is 64.5 Å². The number of benzene rings is 4. The van der Waals surface area contributed by atoms with Crippen molar-refractivity contribution in [3.05, 3.63) is 131 Å². The Bertz CT molecular complexity index is 3280. The van der Waals surface area contributed by atoms with Crippen molar-refractivity contribution in [2.24, 2.45) is 0 Å². The smallest absolute Gasteiger partial charge is 0.341 e. The van der Waals surface area contributed by atoms with Crippen LogP contribution >= 0.6 is 39.1 Å². The summed E-state index contributed by atoms with van der Waals surface area (Å²) in [6.45, 7) is 3.86. The van der Waals surface area contributed by atoms with Crippen LogP contribution in [-0.4, -0.2) is 90.5 Å². The van der Waals surface area contributed by atoms with E-state index in [1.807, 2.05) is 55.9 Å². The summed E-state index contributed by atoms with van der Waals surface area (Å²) >= 11 is 15.7. The summed E-state index contributed by atoms with van der Waals surface area (Å²) in [4.78, 5) is 64.5. The molecule has 0 aliphatic carbocycles. The van der Waals surface area contributed by atoms with E-state index < -0.39 is 11.5 Å². The van der Waals surface area contributed by atoms with E-state index in [2.05, 4.69) is 35.7 Å². The van der Waals surface area contributed by atoms with E-state index in [1.54, 1.807) is 30.3 Å². The lowest BCUT2D eigenvalue weighted by molar-refractivity contribution is 0.0597. The summed E-state index contributed by atoms with van der Waals surface area (Å²) in [6.07, 6.45) is 9.07. The van der Waals surface area contributed by atoms with Gasteiger partial charge in [-0.2, -0.15) is 9.97 Å². The van der Waals surface area contributed by atoms with Crippen LogP contribution < -0.4 is 25.7 Å². The van der Waals surface area contributed by atoms with E-state index >= 15 is 0 Å². The van der Waals surface area contributed by atoms with E-state index in [0.29, 0.717) is 50.4 Å². The zero-order chi connectivity index (χ0) is 46.8. The molecule has 67 heavy (non-hydrogen) atoms. The van der Waals surface area contributed by atoms with Gasteiger partial charge in [-0.15, -0.1) is 10.2 Å². The summed E-state index contributed by atoms with van der Waals surface area (Å²) in [6, 6.07) is 23.1. The standard InChI is InChI=1S/C26H26ClN5O5.C22H21BrClN5O/c1-36-22-10-7-16(13-19(22)24(35)37-2)21(33)15-31-25-28-23(34)18-14-17(27)8-9-20(18)32(25)26(29-31)30-11-5-3-4-6-12-30;23-16-7-10-19-18(13-16)20(30)25-21-28(14-15-5-8-17(24)9-6-15)26-22(29(19)21)27-11-3-1-2-4-12-27/h7-10,13-14H,3-6,11-12,15H2,1-2H3;5-10,13H,1-4,11-12,14H2. The Labute approximate surface area is 402 Å². The number of halogens is 3. The van der Waals surface area contributed by atoms with E-state index in [4.69, 9.17) is 42.9 Å². The molecule has 10 rings (SSSR count). The number of aromatic nitrogens is 8. The molecule has 0 spiro atoms. The molecule has 0 radical (unpaired) electrons. The number of carbonyl (C=O) groups excluding carboxylic acids is 2. The number of esters is 1. The Balaban J connectivity index is 0.000000171. The van der Waals surface area contributed by atoms with Gasteiger partial charge in [0.1, 0.15) is 17.9 Å². The molecule has 0 saturated carbocycles. The zero-order valence-corrected chi connectivity index (χ0v) is 40.1. The molecular weight excluding hydrogens is 963 g/mol. The lowest BCUT2D eigenvalue weighted by Crippen LogP contribution is -2.26. The van der Waals surface area contributed by atoms with Crippen LogP contribution in [0.25, 0.3) is 33.4 Å². The molecular formula is C48H47BrCl2N10O6. The molecule has 16 nitrogen and oxygen atoms in total. The normalized spacial score (nSPS) is 14.5. The van der Waals surface area contributed by atoms with Gasteiger partial charge in [-0.3, -0.25) is 14.4 Å². The number of carbonyl (C=O) groups is 2. The van der Waals surface area contributed by atoms with Crippen molar-refractivity contribution in [1.82, 2.24) is 38.3 Å². The largest absolute Gasteiger partial charge is 0.496 e. The number of nitrogens with zero attached hydrogens (tertiary/aromatic N) is 10. The van der Waals surface area contributed by atoms with Gasteiger partial charge >= 0.3 is 5.97 Å². The Kier molecular flexibility index (Phi) is 13.6. The van der Waals surface area contributed by atoms with Crippen LogP contribution in [0.15, 0.2) is 92.9 Å². The Morgan fingerprint density at radius 2 is 1.18 bits per heavy atom. The number of anilines is 2. The molecule has 2 saturated heterocycles. The minimum absolute atomic E-state index is 0.142. The highest BCUT2D eigenvalue weighted by molar-refractivity contribution is 9.10. The summed E-state index contributed by atoms with van der Waals surface area (Å²) < 4.78 is 18.0.